The Bertz CT molecular complexity index is 603. The van der Waals surface area contributed by atoms with E-state index in [-0.39, 0.29) is 5.76 Å². The second-order valence-electron chi connectivity index (χ2n) is 4.26. The Morgan fingerprint density at radius 2 is 1.68 bits per heavy atom. The van der Waals surface area contributed by atoms with Crippen molar-refractivity contribution in [2.75, 3.05) is 0 Å². The van der Waals surface area contributed by atoms with E-state index in [1.54, 1.807) is 0 Å². The third-order valence-corrected chi connectivity index (χ3v) is 2.76. The molecule has 2 N–H and O–H groups in total. The van der Waals surface area contributed by atoms with E-state index in [9.17, 15) is 10.3 Å². The van der Waals surface area contributed by atoms with Gasteiger partial charge in [-0.1, -0.05) is 60.3 Å². The topological polar surface area (TPSA) is 52.8 Å². The fourth-order valence-electron chi connectivity index (χ4n) is 1.94. The lowest BCUT2D eigenvalue weighted by molar-refractivity contribution is 0.319. The third kappa shape index (κ3) is 3.22. The molecule has 0 aliphatic rings. The Balaban J connectivity index is 2.37. The van der Waals surface area contributed by atoms with Gasteiger partial charge in [-0.15, -0.1) is 0 Å². The first-order valence-electron chi connectivity index (χ1n) is 5.94. The first-order valence-corrected chi connectivity index (χ1v) is 5.94. The van der Waals surface area contributed by atoms with Gasteiger partial charge in [0.05, 0.1) is 5.76 Å². The van der Waals surface area contributed by atoms with Crippen LogP contribution in [0.1, 0.15) is 16.7 Å². The van der Waals surface area contributed by atoms with Crippen molar-refractivity contribution >= 4 is 5.71 Å². The summed E-state index contributed by atoms with van der Waals surface area (Å²) in [6, 6.07) is 17.0. The van der Waals surface area contributed by atoms with Gasteiger partial charge < -0.3 is 10.3 Å². The molecule has 0 atom stereocenters. The maximum Gasteiger partial charge on any atom is 0.117 e. The largest absolute Gasteiger partial charge is 0.513 e. The fraction of sp³-hybridized carbons (Fsp3) is 0.0625. The molecule has 0 spiro atoms. The van der Waals surface area contributed by atoms with Gasteiger partial charge in [-0.25, -0.2) is 0 Å². The van der Waals surface area contributed by atoms with Gasteiger partial charge in [-0.2, -0.15) is 0 Å². The summed E-state index contributed by atoms with van der Waals surface area (Å²) in [6.45, 7) is 3.48. The van der Waals surface area contributed by atoms with E-state index in [1.807, 2.05) is 54.6 Å². The van der Waals surface area contributed by atoms with Crippen molar-refractivity contribution in [1.82, 2.24) is 0 Å². The molecular formula is C16H15NO2. The summed E-state index contributed by atoms with van der Waals surface area (Å²) in [4.78, 5) is 0. The second-order valence-corrected chi connectivity index (χ2v) is 4.26. The molecule has 3 nitrogen and oxygen atoms in total. The summed E-state index contributed by atoms with van der Waals surface area (Å²) >= 11 is 0. The summed E-state index contributed by atoms with van der Waals surface area (Å²) in [5.41, 5.74) is 3.06. The molecule has 0 aromatic heterocycles. The molecule has 96 valence electrons. The number of benzene rings is 2. The van der Waals surface area contributed by atoms with Gasteiger partial charge in [-0.3, -0.25) is 0 Å². The first-order chi connectivity index (χ1) is 9.20. The number of hydrogen-bond acceptors (Lipinski definition) is 3. The molecule has 0 radical (unpaired) electrons. The molecule has 0 fully saturated rings. The zero-order valence-corrected chi connectivity index (χ0v) is 10.5. The summed E-state index contributed by atoms with van der Waals surface area (Å²) in [5, 5.41) is 21.8. The second kappa shape index (κ2) is 5.87. The van der Waals surface area contributed by atoms with Crippen LogP contribution in [0.5, 0.6) is 0 Å². The van der Waals surface area contributed by atoms with Crippen LogP contribution in [-0.4, -0.2) is 16.0 Å². The monoisotopic (exact) mass is 253 g/mol. The zero-order chi connectivity index (χ0) is 13.7. The van der Waals surface area contributed by atoms with Gasteiger partial charge >= 0.3 is 0 Å². The number of nitrogens with zero attached hydrogens (tertiary/aromatic N) is 1. The normalized spacial score (nSPS) is 11.3. The van der Waals surface area contributed by atoms with Crippen molar-refractivity contribution in [3.05, 3.63) is 83.6 Å². The van der Waals surface area contributed by atoms with Crippen molar-refractivity contribution in [2.45, 2.75) is 6.42 Å². The molecule has 0 heterocycles. The van der Waals surface area contributed by atoms with E-state index >= 15 is 0 Å². The minimum absolute atomic E-state index is 0.111. The number of hydrogen-bond donors (Lipinski definition) is 2. The van der Waals surface area contributed by atoms with Crippen LogP contribution in [0.4, 0.5) is 0 Å². The van der Waals surface area contributed by atoms with Gasteiger partial charge in [-0.05, 0) is 11.6 Å². The fourth-order valence-corrected chi connectivity index (χ4v) is 1.94. The van der Waals surface area contributed by atoms with E-state index in [4.69, 9.17) is 0 Å². The Hall–Kier alpha value is -2.55. The van der Waals surface area contributed by atoms with Gasteiger partial charge in [0.15, 0.2) is 0 Å². The molecule has 19 heavy (non-hydrogen) atoms. The standard InChI is InChI=1S/C16H15NO2/c1-12(18)10-13-6-5-9-15(11-13)16(17-19)14-7-3-2-4-8-14/h2-9,11,18-19H,1,10H2. The molecule has 0 saturated carbocycles. The lowest BCUT2D eigenvalue weighted by atomic mass is 9.99. The Morgan fingerprint density at radius 3 is 2.32 bits per heavy atom. The molecule has 0 amide bonds. The number of allylic oxidation sites excluding steroid dienone is 1. The lowest BCUT2D eigenvalue weighted by Gasteiger charge is -2.07. The van der Waals surface area contributed by atoms with Crippen LogP contribution >= 0.6 is 0 Å². The highest BCUT2D eigenvalue weighted by atomic mass is 16.4. The van der Waals surface area contributed by atoms with Crippen LogP contribution in [0.25, 0.3) is 0 Å². The van der Waals surface area contributed by atoms with Crippen molar-refractivity contribution in [2.24, 2.45) is 5.16 Å². The van der Waals surface area contributed by atoms with Crippen LogP contribution in [-0.2, 0) is 6.42 Å². The van der Waals surface area contributed by atoms with Crippen LogP contribution in [0.15, 0.2) is 72.1 Å². The van der Waals surface area contributed by atoms with E-state index in [0.717, 1.165) is 16.7 Å². The molecule has 2 aromatic rings. The maximum atomic E-state index is 9.24. The summed E-state index contributed by atoms with van der Waals surface area (Å²) in [7, 11) is 0. The van der Waals surface area contributed by atoms with Gasteiger partial charge in [0.2, 0.25) is 0 Å². The smallest absolute Gasteiger partial charge is 0.117 e. The SMILES string of the molecule is C=C(O)Cc1cccc(C(=NO)c2ccccc2)c1. The first kappa shape index (κ1) is 12.9. The Labute approximate surface area is 112 Å². The summed E-state index contributed by atoms with van der Waals surface area (Å²) in [6.07, 6.45) is 0.390. The van der Waals surface area contributed by atoms with E-state index < -0.39 is 0 Å². The van der Waals surface area contributed by atoms with Crippen LogP contribution in [0.3, 0.4) is 0 Å². The molecule has 2 aromatic carbocycles. The van der Waals surface area contributed by atoms with Crippen LogP contribution in [0, 0.1) is 0 Å². The predicted octanol–water partition coefficient (Wildman–Crippen LogP) is 3.53. The molecule has 3 heteroatoms. The average Bonchev–Trinajstić information content (AvgIpc) is 2.40. The van der Waals surface area contributed by atoms with Crippen molar-refractivity contribution in [3.63, 3.8) is 0 Å². The van der Waals surface area contributed by atoms with Crippen LogP contribution in [0.2, 0.25) is 0 Å². The highest BCUT2D eigenvalue weighted by Gasteiger charge is 2.08. The van der Waals surface area contributed by atoms with E-state index in [2.05, 4.69) is 11.7 Å². The molecule has 0 aliphatic carbocycles. The predicted molar refractivity (Wildman–Crippen MR) is 75.8 cm³/mol. The number of aliphatic hydroxyl groups excluding tert-OH is 1. The van der Waals surface area contributed by atoms with Crippen molar-refractivity contribution < 1.29 is 10.3 Å². The summed E-state index contributed by atoms with van der Waals surface area (Å²) in [5.74, 6) is 0.111. The van der Waals surface area contributed by atoms with Crippen molar-refractivity contribution in [3.8, 4) is 0 Å². The lowest BCUT2D eigenvalue weighted by Crippen LogP contribution is -2.04. The zero-order valence-electron chi connectivity index (χ0n) is 10.5. The van der Waals surface area contributed by atoms with Gasteiger partial charge in [0.25, 0.3) is 0 Å². The maximum absolute atomic E-state index is 9.24. The van der Waals surface area contributed by atoms with E-state index in [1.165, 1.54) is 0 Å². The van der Waals surface area contributed by atoms with Crippen molar-refractivity contribution in [1.29, 1.82) is 0 Å². The Morgan fingerprint density at radius 1 is 1.00 bits per heavy atom. The highest BCUT2D eigenvalue weighted by Crippen LogP contribution is 2.14. The quantitative estimate of drug-likeness (QED) is 0.379. The van der Waals surface area contributed by atoms with Gasteiger partial charge in [0.1, 0.15) is 5.71 Å². The molecule has 0 unspecified atom stereocenters. The molecule has 0 saturated heterocycles. The summed E-state index contributed by atoms with van der Waals surface area (Å²) < 4.78 is 0. The Kier molecular flexibility index (Phi) is 3.98. The van der Waals surface area contributed by atoms with Crippen LogP contribution < -0.4 is 0 Å². The highest BCUT2D eigenvalue weighted by molar-refractivity contribution is 6.12. The number of aliphatic hydroxyl groups is 1. The molecular weight excluding hydrogens is 238 g/mol. The van der Waals surface area contributed by atoms with E-state index in [0.29, 0.717) is 12.1 Å². The minimum atomic E-state index is 0.111. The molecule has 2 rings (SSSR count). The average molecular weight is 253 g/mol. The minimum Gasteiger partial charge on any atom is -0.513 e. The molecule has 0 bridgehead atoms. The number of oxime groups is 1. The number of rotatable bonds is 4. The third-order valence-electron chi connectivity index (χ3n) is 2.76. The molecule has 0 aliphatic heterocycles. The van der Waals surface area contributed by atoms with Gasteiger partial charge in [0, 0.05) is 17.5 Å².